The van der Waals surface area contributed by atoms with Gasteiger partial charge < -0.3 is 15.0 Å². The summed E-state index contributed by atoms with van der Waals surface area (Å²) >= 11 is 1.62. The first-order valence-electron chi connectivity index (χ1n) is 9.48. The van der Waals surface area contributed by atoms with Crippen molar-refractivity contribution >= 4 is 17.3 Å². The van der Waals surface area contributed by atoms with Gasteiger partial charge in [-0.2, -0.15) is 13.2 Å². The Bertz CT molecular complexity index is 1130. The smallest absolute Gasteiger partial charge is 0.475 e. The second kappa shape index (κ2) is 10.5. The highest BCUT2D eigenvalue weighted by molar-refractivity contribution is 7.15. The van der Waals surface area contributed by atoms with E-state index in [0.717, 1.165) is 32.4 Å². The summed E-state index contributed by atoms with van der Waals surface area (Å²) in [6.07, 6.45) is -1.43. The van der Waals surface area contributed by atoms with Crippen LogP contribution in [0, 0.1) is 13.8 Å². The van der Waals surface area contributed by atoms with E-state index in [2.05, 4.69) is 28.3 Å². The standard InChI is InChI=1S/C19H22N4OS.C2HF3O2/c1-12-9-13(2)23(4)19(24)15(12)10-21-14(3)17-11-22-18(25-17)16-7-5-6-8-20-16;3-2(4,5)1(6)7/h5-9,11,14,21H,10H2,1-4H3;(H,6,7). The molecule has 172 valence electrons. The van der Waals surface area contributed by atoms with Gasteiger partial charge in [0.2, 0.25) is 0 Å². The lowest BCUT2D eigenvalue weighted by Crippen LogP contribution is -2.29. The summed E-state index contributed by atoms with van der Waals surface area (Å²) in [5.41, 5.74) is 3.76. The summed E-state index contributed by atoms with van der Waals surface area (Å²) < 4.78 is 33.4. The Kier molecular flexibility index (Phi) is 8.28. The Balaban J connectivity index is 0.000000451. The second-order valence-corrected chi connectivity index (χ2v) is 8.06. The number of carbonyl (C=O) groups is 1. The molecule has 3 aromatic heterocycles. The molecule has 1 unspecified atom stereocenters. The first kappa shape index (κ1) is 25.2. The van der Waals surface area contributed by atoms with Crippen molar-refractivity contribution < 1.29 is 23.1 Å². The lowest BCUT2D eigenvalue weighted by molar-refractivity contribution is -0.192. The molecule has 7 nitrogen and oxygen atoms in total. The maximum atomic E-state index is 12.5. The van der Waals surface area contributed by atoms with Crippen molar-refractivity contribution in [2.75, 3.05) is 0 Å². The lowest BCUT2D eigenvalue weighted by atomic mass is 10.1. The van der Waals surface area contributed by atoms with Crippen LogP contribution in [0.4, 0.5) is 13.2 Å². The quantitative estimate of drug-likeness (QED) is 0.588. The van der Waals surface area contributed by atoms with Gasteiger partial charge in [-0.15, -0.1) is 11.3 Å². The summed E-state index contributed by atoms with van der Waals surface area (Å²) in [7, 11) is 1.81. The van der Waals surface area contributed by atoms with Gasteiger partial charge in [-0.25, -0.2) is 9.78 Å². The maximum Gasteiger partial charge on any atom is 0.490 e. The molecule has 1 atom stereocenters. The molecular weight excluding hydrogens is 445 g/mol. The number of thiazole rings is 1. The average Bonchev–Trinajstić information content (AvgIpc) is 3.23. The molecule has 0 bridgehead atoms. The molecule has 0 saturated heterocycles. The summed E-state index contributed by atoms with van der Waals surface area (Å²) in [6, 6.07) is 7.98. The Hall–Kier alpha value is -3.05. The van der Waals surface area contributed by atoms with E-state index in [9.17, 15) is 18.0 Å². The van der Waals surface area contributed by atoms with E-state index in [0.29, 0.717) is 6.54 Å². The highest BCUT2D eigenvalue weighted by Crippen LogP contribution is 2.27. The molecule has 0 fully saturated rings. The summed E-state index contributed by atoms with van der Waals surface area (Å²) in [4.78, 5) is 31.3. The SMILES string of the molecule is Cc1cc(C)n(C)c(=O)c1CNC(C)c1cnc(-c2ccccn2)s1.O=C(O)C(F)(F)F. The largest absolute Gasteiger partial charge is 0.490 e. The van der Waals surface area contributed by atoms with Crippen LogP contribution in [-0.4, -0.2) is 31.8 Å². The van der Waals surface area contributed by atoms with Gasteiger partial charge in [-0.3, -0.25) is 9.78 Å². The Labute approximate surface area is 186 Å². The average molecular weight is 469 g/mol. The van der Waals surface area contributed by atoms with Crippen LogP contribution in [0.5, 0.6) is 0 Å². The van der Waals surface area contributed by atoms with Gasteiger partial charge in [0.15, 0.2) is 0 Å². The van der Waals surface area contributed by atoms with Crippen molar-refractivity contribution in [1.82, 2.24) is 19.9 Å². The molecule has 0 spiro atoms. The molecule has 0 saturated carbocycles. The Morgan fingerprint density at radius 2 is 1.94 bits per heavy atom. The minimum atomic E-state index is -5.08. The fourth-order valence-corrected chi connectivity index (χ4v) is 3.61. The zero-order valence-corrected chi connectivity index (χ0v) is 18.7. The van der Waals surface area contributed by atoms with E-state index in [4.69, 9.17) is 9.90 Å². The fourth-order valence-electron chi connectivity index (χ4n) is 2.69. The van der Waals surface area contributed by atoms with Crippen LogP contribution in [0.2, 0.25) is 0 Å². The molecule has 0 radical (unpaired) electrons. The molecule has 0 aromatic carbocycles. The predicted octanol–water partition coefficient (Wildman–Crippen LogP) is 4.00. The summed E-state index contributed by atoms with van der Waals surface area (Å²) in [6.45, 7) is 6.56. The number of aryl methyl sites for hydroxylation is 2. The molecule has 32 heavy (non-hydrogen) atoms. The third-order valence-electron chi connectivity index (χ3n) is 4.66. The molecule has 3 aromatic rings. The minimum absolute atomic E-state index is 0.0654. The van der Waals surface area contributed by atoms with E-state index >= 15 is 0 Å². The molecule has 0 aliphatic rings. The van der Waals surface area contributed by atoms with Crippen molar-refractivity contribution in [3.05, 3.63) is 68.7 Å². The monoisotopic (exact) mass is 468 g/mol. The van der Waals surface area contributed by atoms with Gasteiger partial charge in [-0.05, 0) is 44.5 Å². The normalized spacial score (nSPS) is 12.1. The predicted molar refractivity (Wildman–Crippen MR) is 115 cm³/mol. The number of hydrogen-bond donors (Lipinski definition) is 2. The van der Waals surface area contributed by atoms with Gasteiger partial charge >= 0.3 is 12.1 Å². The number of nitrogens with zero attached hydrogens (tertiary/aromatic N) is 3. The maximum absolute atomic E-state index is 12.5. The number of rotatable bonds is 5. The van der Waals surface area contributed by atoms with Crippen molar-refractivity contribution in [3.8, 4) is 10.7 Å². The first-order valence-corrected chi connectivity index (χ1v) is 10.3. The molecule has 2 N–H and O–H groups in total. The lowest BCUT2D eigenvalue weighted by Gasteiger charge is -2.14. The third-order valence-corrected chi connectivity index (χ3v) is 5.86. The van der Waals surface area contributed by atoms with E-state index in [1.807, 2.05) is 45.3 Å². The van der Waals surface area contributed by atoms with Gasteiger partial charge in [0.05, 0.1) is 5.69 Å². The number of aromatic nitrogens is 3. The molecule has 0 amide bonds. The van der Waals surface area contributed by atoms with Crippen LogP contribution in [0.25, 0.3) is 10.7 Å². The molecule has 3 heterocycles. The van der Waals surface area contributed by atoms with Crippen molar-refractivity contribution in [1.29, 1.82) is 0 Å². The van der Waals surface area contributed by atoms with E-state index < -0.39 is 12.1 Å². The van der Waals surface area contributed by atoms with E-state index in [1.54, 1.807) is 22.1 Å². The second-order valence-electron chi connectivity index (χ2n) is 7.00. The van der Waals surface area contributed by atoms with Crippen molar-refractivity contribution in [2.45, 2.75) is 39.5 Å². The van der Waals surface area contributed by atoms with Crippen molar-refractivity contribution in [2.24, 2.45) is 7.05 Å². The Morgan fingerprint density at radius 3 is 2.50 bits per heavy atom. The van der Waals surface area contributed by atoms with Crippen LogP contribution in [0.3, 0.4) is 0 Å². The number of carboxylic acid groups (broad SMARTS) is 1. The van der Waals surface area contributed by atoms with Crippen LogP contribution < -0.4 is 10.9 Å². The van der Waals surface area contributed by atoms with Crippen molar-refractivity contribution in [3.63, 3.8) is 0 Å². The highest BCUT2D eigenvalue weighted by atomic mass is 32.1. The summed E-state index contributed by atoms with van der Waals surface area (Å²) in [5, 5.41) is 11.5. The van der Waals surface area contributed by atoms with Gasteiger partial charge in [0.25, 0.3) is 5.56 Å². The third kappa shape index (κ3) is 6.47. The van der Waals surface area contributed by atoms with Crippen LogP contribution in [0.15, 0.2) is 41.5 Å². The zero-order valence-electron chi connectivity index (χ0n) is 17.9. The number of carboxylic acids is 1. The topological polar surface area (TPSA) is 97.1 Å². The van der Waals surface area contributed by atoms with Gasteiger partial charge in [0, 0.05) is 48.2 Å². The van der Waals surface area contributed by atoms with E-state index in [-0.39, 0.29) is 11.6 Å². The Morgan fingerprint density at radius 1 is 1.28 bits per heavy atom. The molecule has 0 aliphatic carbocycles. The molecular formula is C21H23F3N4O3S. The van der Waals surface area contributed by atoms with Gasteiger partial charge in [-0.1, -0.05) is 6.07 Å². The molecule has 0 aliphatic heterocycles. The van der Waals surface area contributed by atoms with Crippen LogP contribution >= 0.6 is 11.3 Å². The minimum Gasteiger partial charge on any atom is -0.475 e. The fraction of sp³-hybridized carbons (Fsp3) is 0.333. The first-order chi connectivity index (χ1) is 14.9. The zero-order chi connectivity index (χ0) is 24.1. The molecule has 11 heteroatoms. The van der Waals surface area contributed by atoms with Crippen LogP contribution in [-0.2, 0) is 18.4 Å². The highest BCUT2D eigenvalue weighted by Gasteiger charge is 2.38. The van der Waals surface area contributed by atoms with E-state index in [1.165, 1.54) is 0 Å². The number of aliphatic carboxylic acids is 1. The number of halogens is 3. The van der Waals surface area contributed by atoms with Crippen LogP contribution in [0.1, 0.15) is 34.7 Å². The number of alkyl halides is 3. The number of pyridine rings is 2. The number of nitrogens with one attached hydrogen (secondary N) is 1. The summed E-state index contributed by atoms with van der Waals surface area (Å²) in [5.74, 6) is -2.76. The molecule has 3 rings (SSSR count). The number of hydrogen-bond acceptors (Lipinski definition) is 6. The van der Waals surface area contributed by atoms with Gasteiger partial charge in [0.1, 0.15) is 5.01 Å².